The summed E-state index contributed by atoms with van der Waals surface area (Å²) >= 11 is 0. The summed E-state index contributed by atoms with van der Waals surface area (Å²) in [6.07, 6.45) is 0. The lowest BCUT2D eigenvalue weighted by Crippen LogP contribution is -1.93. The highest BCUT2D eigenvalue weighted by Gasteiger charge is 2.16. The summed E-state index contributed by atoms with van der Waals surface area (Å²) in [7, 11) is 0. The van der Waals surface area contributed by atoms with Crippen LogP contribution in [0.2, 0.25) is 0 Å². The molecule has 12 rings (SSSR count). The molecule has 0 atom stereocenters. The van der Waals surface area contributed by atoms with Crippen molar-refractivity contribution in [2.24, 2.45) is 0 Å². The van der Waals surface area contributed by atoms with E-state index < -0.39 is 0 Å². The zero-order valence-electron chi connectivity index (χ0n) is 39.7. The van der Waals surface area contributed by atoms with E-state index in [0.717, 1.165) is 67.0 Å². The molecule has 0 bridgehead atoms. The zero-order valence-corrected chi connectivity index (χ0v) is 39.7. The van der Waals surface area contributed by atoms with Crippen LogP contribution in [0.3, 0.4) is 0 Å². The maximum atomic E-state index is 5.45. The number of benzene rings is 11. The minimum absolute atomic E-state index is 0.914. The highest BCUT2D eigenvalue weighted by Crippen LogP contribution is 2.40. The minimum Gasteiger partial charge on any atom is -0.248 e. The maximum Gasteiger partial charge on any atom is 0.0716 e. The number of rotatable bonds is 11. The Labute approximate surface area is 422 Å². The standard InChI is InChI=1S/C71H49N/c1-7-21-50(22-8-1)60-39-61(51-23-9-2-10-24-51)42-64(41-60)58-35-19-33-56(37-58)57-34-20-36-59(38-57)65-45-67(66-43-62(52-25-11-3-12-26-52)40-63(44-66)53-27-13-4-14-28-53)47-69(46-65)71-49-68(54-29-15-5-16-30-54)48-70(72-71)55-31-17-6-18-32-55/h1-49H. The van der Waals surface area contributed by atoms with E-state index in [1.807, 2.05) is 0 Å². The van der Waals surface area contributed by atoms with Crippen molar-refractivity contribution in [2.75, 3.05) is 0 Å². The van der Waals surface area contributed by atoms with Crippen LogP contribution in [0, 0.1) is 0 Å². The number of hydrogen-bond donors (Lipinski definition) is 0. The van der Waals surface area contributed by atoms with Gasteiger partial charge in [-0.25, -0.2) is 4.98 Å². The van der Waals surface area contributed by atoms with Gasteiger partial charge >= 0.3 is 0 Å². The van der Waals surface area contributed by atoms with Gasteiger partial charge in [0, 0.05) is 11.1 Å². The third-order valence-corrected chi connectivity index (χ3v) is 13.6. The number of aromatic nitrogens is 1. The Morgan fingerprint density at radius 3 is 0.611 bits per heavy atom. The van der Waals surface area contributed by atoms with Crippen LogP contribution in [0.1, 0.15) is 0 Å². The number of nitrogens with zero attached hydrogens (tertiary/aromatic N) is 1. The summed E-state index contributed by atoms with van der Waals surface area (Å²) in [4.78, 5) is 5.45. The normalized spacial score (nSPS) is 11.1. The summed E-state index contributed by atoms with van der Waals surface area (Å²) in [6.45, 7) is 0. The smallest absolute Gasteiger partial charge is 0.0716 e. The van der Waals surface area contributed by atoms with Crippen LogP contribution in [0.5, 0.6) is 0 Å². The van der Waals surface area contributed by atoms with Crippen molar-refractivity contribution in [1.29, 1.82) is 0 Å². The Balaban J connectivity index is 1.02. The van der Waals surface area contributed by atoms with E-state index in [1.165, 1.54) is 55.6 Å². The van der Waals surface area contributed by atoms with Crippen LogP contribution < -0.4 is 0 Å². The molecule has 1 aromatic heterocycles. The SMILES string of the molecule is c1ccc(-c2cc(-c3ccccc3)cc(-c3cccc(-c4cccc(-c5cc(-c6cc(-c7ccccc7)cc(-c7ccccc7)c6)cc(-c6cc(-c7ccccc7)cc(-c7ccccc7)n6)c5)c4)c3)c2)cc1. The largest absolute Gasteiger partial charge is 0.248 e. The van der Waals surface area contributed by atoms with Gasteiger partial charge in [-0.1, -0.05) is 218 Å². The lowest BCUT2D eigenvalue weighted by molar-refractivity contribution is 1.32. The highest BCUT2D eigenvalue weighted by molar-refractivity contribution is 5.89. The summed E-state index contributed by atoms with van der Waals surface area (Å²) in [5, 5.41) is 0. The molecular weight excluding hydrogens is 867 g/mol. The van der Waals surface area contributed by atoms with Crippen molar-refractivity contribution in [3.05, 3.63) is 297 Å². The fraction of sp³-hybridized carbons (Fsp3) is 0. The fourth-order valence-electron chi connectivity index (χ4n) is 9.88. The highest BCUT2D eigenvalue weighted by atomic mass is 14.7. The zero-order chi connectivity index (χ0) is 48.1. The van der Waals surface area contributed by atoms with E-state index in [9.17, 15) is 0 Å². The molecule has 1 heteroatoms. The monoisotopic (exact) mass is 915 g/mol. The molecule has 0 amide bonds. The van der Waals surface area contributed by atoms with Crippen molar-refractivity contribution in [2.45, 2.75) is 0 Å². The molecule has 0 N–H and O–H groups in total. The molecule has 0 aliphatic heterocycles. The van der Waals surface area contributed by atoms with Gasteiger partial charge in [0.2, 0.25) is 0 Å². The van der Waals surface area contributed by atoms with Gasteiger partial charge in [0.05, 0.1) is 11.4 Å². The van der Waals surface area contributed by atoms with Crippen molar-refractivity contribution in [3.8, 4) is 123 Å². The molecule has 1 nitrogen and oxygen atoms in total. The van der Waals surface area contributed by atoms with Gasteiger partial charge in [-0.15, -0.1) is 0 Å². The molecule has 12 aromatic rings. The Kier molecular flexibility index (Phi) is 12.1. The molecule has 1 heterocycles. The van der Waals surface area contributed by atoms with E-state index in [4.69, 9.17) is 4.98 Å². The van der Waals surface area contributed by atoms with Crippen LogP contribution in [0.4, 0.5) is 0 Å². The summed E-state index contributed by atoms with van der Waals surface area (Å²) in [5.74, 6) is 0. The molecule has 0 spiro atoms. The first-order valence-electron chi connectivity index (χ1n) is 24.7. The van der Waals surface area contributed by atoms with Crippen LogP contribution in [0.15, 0.2) is 297 Å². The Bertz CT molecular complexity index is 3490. The van der Waals surface area contributed by atoms with Gasteiger partial charge in [-0.05, 0) is 179 Å². The molecule has 338 valence electrons. The molecule has 0 saturated carbocycles. The molecule has 0 saturated heterocycles. The first-order chi connectivity index (χ1) is 35.6. The summed E-state index contributed by atoms with van der Waals surface area (Å²) in [6, 6.07) is 107. The average molecular weight is 916 g/mol. The average Bonchev–Trinajstić information content (AvgIpc) is 3.48. The quantitative estimate of drug-likeness (QED) is 0.126. The number of pyridine rings is 1. The minimum atomic E-state index is 0.914. The van der Waals surface area contributed by atoms with Crippen molar-refractivity contribution in [1.82, 2.24) is 4.98 Å². The van der Waals surface area contributed by atoms with Crippen LogP contribution in [-0.2, 0) is 0 Å². The molecule has 0 aliphatic rings. The Hall–Kier alpha value is -9.43. The second-order valence-corrected chi connectivity index (χ2v) is 18.4. The van der Waals surface area contributed by atoms with E-state index in [-0.39, 0.29) is 0 Å². The van der Waals surface area contributed by atoms with Gasteiger partial charge in [0.25, 0.3) is 0 Å². The second-order valence-electron chi connectivity index (χ2n) is 18.4. The number of hydrogen-bond acceptors (Lipinski definition) is 1. The predicted molar refractivity (Wildman–Crippen MR) is 304 cm³/mol. The lowest BCUT2D eigenvalue weighted by atomic mass is 9.89. The first-order valence-corrected chi connectivity index (χ1v) is 24.7. The molecule has 0 radical (unpaired) electrons. The van der Waals surface area contributed by atoms with Gasteiger partial charge in [-0.2, -0.15) is 0 Å². The third-order valence-electron chi connectivity index (χ3n) is 13.6. The fourth-order valence-corrected chi connectivity index (χ4v) is 9.88. The van der Waals surface area contributed by atoms with E-state index >= 15 is 0 Å². The van der Waals surface area contributed by atoms with E-state index in [1.54, 1.807) is 0 Å². The lowest BCUT2D eigenvalue weighted by Gasteiger charge is -2.16. The van der Waals surface area contributed by atoms with Gasteiger partial charge in [0.15, 0.2) is 0 Å². The molecule has 0 fully saturated rings. The third kappa shape index (κ3) is 9.48. The topological polar surface area (TPSA) is 12.9 Å². The van der Waals surface area contributed by atoms with Crippen molar-refractivity contribution in [3.63, 3.8) is 0 Å². The van der Waals surface area contributed by atoms with Gasteiger partial charge in [-0.3, -0.25) is 0 Å². The van der Waals surface area contributed by atoms with E-state index in [0.29, 0.717) is 0 Å². The van der Waals surface area contributed by atoms with E-state index in [2.05, 4.69) is 297 Å². The first kappa shape index (κ1) is 43.8. The van der Waals surface area contributed by atoms with Crippen LogP contribution in [0.25, 0.3) is 123 Å². The summed E-state index contributed by atoms with van der Waals surface area (Å²) < 4.78 is 0. The Morgan fingerprint density at radius 2 is 0.306 bits per heavy atom. The van der Waals surface area contributed by atoms with Gasteiger partial charge in [0.1, 0.15) is 0 Å². The molecular formula is C71H49N. The second kappa shape index (κ2) is 19.9. The summed E-state index contributed by atoms with van der Waals surface area (Å²) in [5.41, 5.74) is 24.9. The maximum absolute atomic E-state index is 5.45. The predicted octanol–water partition coefficient (Wildman–Crippen LogP) is 19.4. The van der Waals surface area contributed by atoms with Crippen LogP contribution in [-0.4, -0.2) is 4.98 Å². The molecule has 72 heavy (non-hydrogen) atoms. The molecule has 11 aromatic carbocycles. The van der Waals surface area contributed by atoms with Crippen molar-refractivity contribution >= 4 is 0 Å². The van der Waals surface area contributed by atoms with Crippen molar-refractivity contribution < 1.29 is 0 Å². The van der Waals surface area contributed by atoms with Crippen LogP contribution >= 0.6 is 0 Å². The molecule has 0 aliphatic carbocycles. The molecule has 0 unspecified atom stereocenters. The van der Waals surface area contributed by atoms with Gasteiger partial charge < -0.3 is 0 Å². The Morgan fingerprint density at radius 1 is 0.125 bits per heavy atom.